The fourth-order valence-electron chi connectivity index (χ4n) is 3.50. The van der Waals surface area contributed by atoms with E-state index in [0.29, 0.717) is 11.3 Å². The van der Waals surface area contributed by atoms with Gasteiger partial charge in [0.15, 0.2) is 5.43 Å². The molecule has 0 bridgehead atoms. The first-order valence-corrected chi connectivity index (χ1v) is 9.75. The van der Waals surface area contributed by atoms with E-state index in [2.05, 4.69) is 0 Å². The van der Waals surface area contributed by atoms with Crippen molar-refractivity contribution in [3.05, 3.63) is 52.7 Å². The summed E-state index contributed by atoms with van der Waals surface area (Å²) < 4.78 is 21.7. The summed E-state index contributed by atoms with van der Waals surface area (Å²) in [5.41, 5.74) is 0.265. The Bertz CT molecular complexity index is 1150. The number of methoxy groups -OCH3 is 1. The molecule has 2 aromatic carbocycles. The van der Waals surface area contributed by atoms with Crippen LogP contribution in [0.2, 0.25) is 0 Å². The molecule has 32 heavy (non-hydrogen) atoms. The van der Waals surface area contributed by atoms with Crippen LogP contribution < -0.4 is 14.9 Å². The van der Waals surface area contributed by atoms with Crippen molar-refractivity contribution in [1.82, 2.24) is 0 Å². The first-order chi connectivity index (χ1) is 15.3. The first-order valence-electron chi connectivity index (χ1n) is 9.75. The highest BCUT2D eigenvalue weighted by Gasteiger charge is 2.44. The third-order valence-electron chi connectivity index (χ3n) is 5.26. The number of hydrogen-bond donors (Lipinski definition) is 5. The van der Waals surface area contributed by atoms with Gasteiger partial charge in [0.25, 0.3) is 0 Å². The van der Waals surface area contributed by atoms with Gasteiger partial charge in [-0.25, -0.2) is 0 Å². The summed E-state index contributed by atoms with van der Waals surface area (Å²) in [5.74, 6) is 0.594. The predicted octanol–water partition coefficient (Wildman–Crippen LogP) is 0.353. The first kappa shape index (κ1) is 22.1. The average Bonchev–Trinajstić information content (AvgIpc) is 2.79. The van der Waals surface area contributed by atoms with E-state index in [-0.39, 0.29) is 28.2 Å². The third-order valence-corrected chi connectivity index (χ3v) is 5.26. The number of hydrogen-bond acceptors (Lipinski definition) is 10. The summed E-state index contributed by atoms with van der Waals surface area (Å²) in [5, 5.41) is 49.2. The molecule has 10 heteroatoms. The highest BCUT2D eigenvalue weighted by molar-refractivity contribution is 5.86. The summed E-state index contributed by atoms with van der Waals surface area (Å²) in [6.07, 6.45) is -6.96. The van der Waals surface area contributed by atoms with E-state index in [0.717, 1.165) is 0 Å². The molecule has 5 atom stereocenters. The maximum atomic E-state index is 12.5. The zero-order chi connectivity index (χ0) is 23.0. The van der Waals surface area contributed by atoms with Crippen molar-refractivity contribution in [2.75, 3.05) is 13.7 Å². The molecule has 3 aromatic rings. The number of phenols is 1. The van der Waals surface area contributed by atoms with Crippen LogP contribution in [0.1, 0.15) is 0 Å². The molecule has 0 aliphatic carbocycles. The number of phenolic OH excluding ortho intramolecular Hbond substituents is 1. The number of aromatic hydroxyl groups is 1. The van der Waals surface area contributed by atoms with Gasteiger partial charge in [-0.15, -0.1) is 0 Å². The Morgan fingerprint density at radius 3 is 2.34 bits per heavy atom. The Morgan fingerprint density at radius 1 is 0.969 bits per heavy atom. The van der Waals surface area contributed by atoms with Crippen molar-refractivity contribution in [3.8, 4) is 28.6 Å². The van der Waals surface area contributed by atoms with Crippen LogP contribution in [0, 0.1) is 0 Å². The molecule has 10 nitrogen and oxygen atoms in total. The van der Waals surface area contributed by atoms with Crippen LogP contribution in [0.4, 0.5) is 0 Å². The molecule has 4 rings (SSSR count). The summed E-state index contributed by atoms with van der Waals surface area (Å²) in [7, 11) is 1.43. The second kappa shape index (κ2) is 8.77. The molecule has 0 saturated carbocycles. The predicted molar refractivity (Wildman–Crippen MR) is 111 cm³/mol. The molecule has 0 spiro atoms. The van der Waals surface area contributed by atoms with Crippen molar-refractivity contribution in [1.29, 1.82) is 0 Å². The van der Waals surface area contributed by atoms with Gasteiger partial charge < -0.3 is 44.2 Å². The van der Waals surface area contributed by atoms with Crippen LogP contribution in [0.3, 0.4) is 0 Å². The second-order valence-corrected chi connectivity index (χ2v) is 7.33. The summed E-state index contributed by atoms with van der Waals surface area (Å²) in [6.45, 7) is -0.564. The molecule has 1 aromatic heterocycles. The fourth-order valence-corrected chi connectivity index (χ4v) is 3.50. The Kier molecular flexibility index (Phi) is 6.04. The van der Waals surface area contributed by atoms with Gasteiger partial charge in [0, 0.05) is 23.8 Å². The molecule has 5 unspecified atom stereocenters. The SMILES string of the molecule is COc1cc(O)c2c(=O)cc(-c3ccc(OC4OC(CO)C(O)C(O)C4O)cc3)oc2c1. The number of benzene rings is 2. The van der Waals surface area contributed by atoms with Crippen molar-refractivity contribution in [2.45, 2.75) is 30.7 Å². The summed E-state index contributed by atoms with van der Waals surface area (Å²) >= 11 is 0. The second-order valence-electron chi connectivity index (χ2n) is 7.33. The summed E-state index contributed by atoms with van der Waals surface area (Å²) in [4.78, 5) is 12.5. The van der Waals surface area contributed by atoms with E-state index in [4.69, 9.17) is 18.6 Å². The van der Waals surface area contributed by atoms with Gasteiger partial charge in [-0.05, 0) is 24.3 Å². The Balaban J connectivity index is 1.59. The maximum absolute atomic E-state index is 12.5. The molecule has 0 radical (unpaired) electrons. The molecular formula is C22H22O10. The van der Waals surface area contributed by atoms with Gasteiger partial charge in [-0.2, -0.15) is 0 Å². The van der Waals surface area contributed by atoms with Gasteiger partial charge in [-0.3, -0.25) is 4.79 Å². The van der Waals surface area contributed by atoms with Gasteiger partial charge in [-0.1, -0.05) is 0 Å². The number of aliphatic hydroxyl groups is 4. The van der Waals surface area contributed by atoms with Crippen molar-refractivity contribution in [2.24, 2.45) is 0 Å². The molecule has 2 heterocycles. The summed E-state index contributed by atoms with van der Waals surface area (Å²) in [6, 6.07) is 10.3. The largest absolute Gasteiger partial charge is 0.507 e. The van der Waals surface area contributed by atoms with Crippen LogP contribution in [0.25, 0.3) is 22.3 Å². The Hall–Kier alpha value is -3.15. The fraction of sp³-hybridized carbons (Fsp3) is 0.318. The minimum Gasteiger partial charge on any atom is -0.507 e. The van der Waals surface area contributed by atoms with Crippen LogP contribution in [-0.2, 0) is 4.74 Å². The van der Waals surface area contributed by atoms with Crippen molar-refractivity contribution < 1.29 is 44.2 Å². The molecule has 1 saturated heterocycles. The number of fused-ring (bicyclic) bond motifs is 1. The van der Waals surface area contributed by atoms with Crippen LogP contribution >= 0.6 is 0 Å². The van der Waals surface area contributed by atoms with Gasteiger partial charge in [0.05, 0.1) is 13.7 Å². The normalized spacial score (nSPS) is 25.6. The molecule has 1 fully saturated rings. The topological polar surface area (TPSA) is 159 Å². The Labute approximate surface area is 181 Å². The van der Waals surface area contributed by atoms with Gasteiger partial charge >= 0.3 is 0 Å². The monoisotopic (exact) mass is 446 g/mol. The molecule has 1 aliphatic rings. The quantitative estimate of drug-likeness (QED) is 0.370. The molecule has 1 aliphatic heterocycles. The zero-order valence-electron chi connectivity index (χ0n) is 16.9. The van der Waals surface area contributed by atoms with E-state index >= 15 is 0 Å². The van der Waals surface area contributed by atoms with Crippen LogP contribution in [-0.4, -0.2) is 70.0 Å². The minimum atomic E-state index is -1.55. The lowest BCUT2D eigenvalue weighted by Gasteiger charge is -2.39. The smallest absolute Gasteiger partial charge is 0.229 e. The zero-order valence-corrected chi connectivity index (χ0v) is 16.9. The number of rotatable bonds is 5. The molecule has 5 N–H and O–H groups in total. The molecule has 0 amide bonds. The minimum absolute atomic E-state index is 0.0390. The van der Waals surface area contributed by atoms with E-state index in [1.54, 1.807) is 12.1 Å². The van der Waals surface area contributed by atoms with Crippen LogP contribution in [0.15, 0.2) is 51.7 Å². The van der Waals surface area contributed by atoms with Gasteiger partial charge in [0.2, 0.25) is 6.29 Å². The molecule has 170 valence electrons. The van der Waals surface area contributed by atoms with E-state index in [1.807, 2.05) is 0 Å². The highest BCUT2D eigenvalue weighted by atomic mass is 16.7. The van der Waals surface area contributed by atoms with E-state index < -0.39 is 42.7 Å². The lowest BCUT2D eigenvalue weighted by molar-refractivity contribution is -0.277. The van der Waals surface area contributed by atoms with Crippen molar-refractivity contribution >= 4 is 11.0 Å². The van der Waals surface area contributed by atoms with Crippen molar-refractivity contribution in [3.63, 3.8) is 0 Å². The van der Waals surface area contributed by atoms with Crippen LogP contribution in [0.5, 0.6) is 17.2 Å². The standard InChI is InChI=1S/C22H22O10/c1-29-12-6-13(24)18-14(25)8-15(31-16(18)7-12)10-2-4-11(5-3-10)30-22-21(28)20(27)19(26)17(9-23)32-22/h2-8,17,19-24,26-28H,9H2,1H3. The third kappa shape index (κ3) is 4.01. The van der Waals surface area contributed by atoms with E-state index in [9.17, 15) is 30.3 Å². The molecular weight excluding hydrogens is 424 g/mol. The highest BCUT2D eigenvalue weighted by Crippen LogP contribution is 2.32. The lowest BCUT2D eigenvalue weighted by Crippen LogP contribution is -2.60. The van der Waals surface area contributed by atoms with E-state index in [1.165, 1.54) is 37.4 Å². The number of ether oxygens (including phenoxy) is 3. The lowest BCUT2D eigenvalue weighted by atomic mass is 9.99. The number of aliphatic hydroxyl groups excluding tert-OH is 4. The maximum Gasteiger partial charge on any atom is 0.229 e. The Morgan fingerprint density at radius 2 is 1.69 bits per heavy atom. The van der Waals surface area contributed by atoms with Gasteiger partial charge in [0.1, 0.15) is 58.4 Å². The average molecular weight is 446 g/mol.